The highest BCUT2D eigenvalue weighted by molar-refractivity contribution is 9.10. The van der Waals surface area contributed by atoms with Gasteiger partial charge >= 0.3 is 0 Å². The number of piperazine rings is 1. The zero-order valence-electron chi connectivity index (χ0n) is 12.9. The van der Waals surface area contributed by atoms with Gasteiger partial charge in [-0.15, -0.1) is 0 Å². The molecule has 1 aliphatic rings. The van der Waals surface area contributed by atoms with E-state index in [1.54, 1.807) is 28.6 Å². The first kappa shape index (κ1) is 16.5. The van der Waals surface area contributed by atoms with Crippen molar-refractivity contribution in [2.75, 3.05) is 31.1 Å². The number of nitrogens with zero attached hydrogens (tertiary/aromatic N) is 2. The molecule has 2 aromatic carbocycles. The maximum absolute atomic E-state index is 12.7. The van der Waals surface area contributed by atoms with Gasteiger partial charge in [0.2, 0.25) is 10.0 Å². The van der Waals surface area contributed by atoms with Crippen LogP contribution in [0.1, 0.15) is 5.56 Å². The van der Waals surface area contributed by atoms with E-state index in [4.69, 9.17) is 0 Å². The lowest BCUT2D eigenvalue weighted by atomic mass is 10.1. The zero-order chi connectivity index (χ0) is 16.4. The second kappa shape index (κ2) is 6.63. The van der Waals surface area contributed by atoms with E-state index in [2.05, 4.69) is 39.9 Å². The van der Waals surface area contributed by atoms with Crippen molar-refractivity contribution in [3.8, 4) is 0 Å². The molecule has 0 atom stereocenters. The van der Waals surface area contributed by atoms with E-state index in [-0.39, 0.29) is 0 Å². The van der Waals surface area contributed by atoms with E-state index in [0.29, 0.717) is 31.1 Å². The first-order valence-electron chi connectivity index (χ1n) is 7.55. The van der Waals surface area contributed by atoms with E-state index in [1.165, 1.54) is 11.3 Å². The molecule has 0 aromatic heterocycles. The molecule has 0 saturated carbocycles. The number of anilines is 1. The molecule has 1 heterocycles. The fraction of sp³-hybridized carbons (Fsp3) is 0.294. The molecule has 4 nitrogen and oxygen atoms in total. The van der Waals surface area contributed by atoms with Crippen molar-refractivity contribution in [1.29, 1.82) is 0 Å². The van der Waals surface area contributed by atoms with Crippen LogP contribution in [-0.4, -0.2) is 38.9 Å². The Bertz CT molecular complexity index is 782. The Morgan fingerprint density at radius 3 is 2.13 bits per heavy atom. The molecule has 23 heavy (non-hydrogen) atoms. The smallest absolute Gasteiger partial charge is 0.243 e. The minimum absolute atomic E-state index is 0.352. The Kier molecular flexibility index (Phi) is 4.75. The molecule has 3 rings (SSSR count). The third kappa shape index (κ3) is 3.44. The number of halogens is 1. The molecule has 1 fully saturated rings. The maximum Gasteiger partial charge on any atom is 0.243 e. The molecule has 0 unspecified atom stereocenters. The molecule has 0 spiro atoms. The summed E-state index contributed by atoms with van der Waals surface area (Å²) in [7, 11) is -3.41. The third-order valence-electron chi connectivity index (χ3n) is 4.15. The Morgan fingerprint density at radius 2 is 1.52 bits per heavy atom. The molecule has 122 valence electrons. The minimum atomic E-state index is -3.41. The van der Waals surface area contributed by atoms with Crippen LogP contribution in [0.15, 0.2) is 57.9 Å². The average molecular weight is 395 g/mol. The van der Waals surface area contributed by atoms with Gasteiger partial charge in [0.1, 0.15) is 0 Å². The molecule has 1 aliphatic heterocycles. The second-order valence-electron chi connectivity index (χ2n) is 5.63. The van der Waals surface area contributed by atoms with Gasteiger partial charge in [-0.3, -0.25) is 0 Å². The largest absolute Gasteiger partial charge is 0.369 e. The molecule has 2 aromatic rings. The summed E-state index contributed by atoms with van der Waals surface area (Å²) >= 11 is 3.33. The lowest BCUT2D eigenvalue weighted by Gasteiger charge is -2.36. The van der Waals surface area contributed by atoms with Crippen LogP contribution in [0.25, 0.3) is 0 Å². The number of hydrogen-bond donors (Lipinski definition) is 0. The Hall–Kier alpha value is -1.37. The average Bonchev–Trinajstić information content (AvgIpc) is 2.56. The minimum Gasteiger partial charge on any atom is -0.369 e. The van der Waals surface area contributed by atoms with Gasteiger partial charge < -0.3 is 4.90 Å². The van der Waals surface area contributed by atoms with Gasteiger partial charge in [-0.1, -0.05) is 34.1 Å². The number of benzene rings is 2. The first-order chi connectivity index (χ1) is 11.0. The quantitative estimate of drug-likeness (QED) is 0.801. The van der Waals surface area contributed by atoms with Crippen molar-refractivity contribution in [2.24, 2.45) is 0 Å². The molecule has 6 heteroatoms. The van der Waals surface area contributed by atoms with E-state index in [1.807, 2.05) is 12.1 Å². The number of para-hydroxylation sites is 1. The van der Waals surface area contributed by atoms with E-state index in [9.17, 15) is 8.42 Å². The SMILES string of the molecule is Cc1ccccc1N1CCN(S(=O)(=O)c2ccc(Br)cc2)CC1. The summed E-state index contributed by atoms with van der Waals surface area (Å²) in [5, 5.41) is 0. The van der Waals surface area contributed by atoms with Crippen molar-refractivity contribution in [2.45, 2.75) is 11.8 Å². The topological polar surface area (TPSA) is 40.6 Å². The summed E-state index contributed by atoms with van der Waals surface area (Å²) in [6.07, 6.45) is 0. The van der Waals surface area contributed by atoms with E-state index < -0.39 is 10.0 Å². The lowest BCUT2D eigenvalue weighted by molar-refractivity contribution is 0.385. The van der Waals surface area contributed by atoms with Crippen molar-refractivity contribution in [3.63, 3.8) is 0 Å². The standard InChI is InChI=1S/C17H19BrN2O2S/c1-14-4-2-3-5-17(14)19-10-12-20(13-11-19)23(21,22)16-8-6-15(18)7-9-16/h2-9H,10-13H2,1H3. The summed E-state index contributed by atoms with van der Waals surface area (Å²) in [4.78, 5) is 2.60. The maximum atomic E-state index is 12.7. The molecule has 0 bridgehead atoms. The van der Waals surface area contributed by atoms with Gasteiger partial charge in [0.15, 0.2) is 0 Å². The van der Waals surface area contributed by atoms with E-state index >= 15 is 0 Å². The summed E-state index contributed by atoms with van der Waals surface area (Å²) in [6, 6.07) is 15.0. The van der Waals surface area contributed by atoms with Gasteiger partial charge in [0.25, 0.3) is 0 Å². The molecule has 0 N–H and O–H groups in total. The highest BCUT2D eigenvalue weighted by atomic mass is 79.9. The van der Waals surface area contributed by atoms with Gasteiger partial charge in [-0.2, -0.15) is 4.31 Å². The summed E-state index contributed by atoms with van der Waals surface area (Å²) in [6.45, 7) is 4.51. The summed E-state index contributed by atoms with van der Waals surface area (Å²) in [5.41, 5.74) is 2.41. The fourth-order valence-corrected chi connectivity index (χ4v) is 4.53. The van der Waals surface area contributed by atoms with Crippen LogP contribution >= 0.6 is 15.9 Å². The van der Waals surface area contributed by atoms with Gasteiger partial charge in [-0.05, 0) is 42.8 Å². The van der Waals surface area contributed by atoms with Gasteiger partial charge in [0.05, 0.1) is 4.90 Å². The number of hydrogen-bond acceptors (Lipinski definition) is 3. The molecule has 0 aliphatic carbocycles. The molecule has 0 radical (unpaired) electrons. The highest BCUT2D eigenvalue weighted by Gasteiger charge is 2.28. The third-order valence-corrected chi connectivity index (χ3v) is 6.59. The number of rotatable bonds is 3. The fourth-order valence-electron chi connectivity index (χ4n) is 2.84. The first-order valence-corrected chi connectivity index (χ1v) is 9.78. The normalized spacial score (nSPS) is 16.5. The zero-order valence-corrected chi connectivity index (χ0v) is 15.3. The molecular formula is C17H19BrN2O2S. The lowest BCUT2D eigenvalue weighted by Crippen LogP contribution is -2.48. The monoisotopic (exact) mass is 394 g/mol. The van der Waals surface area contributed by atoms with Crippen LogP contribution in [0.2, 0.25) is 0 Å². The Balaban J connectivity index is 1.74. The van der Waals surface area contributed by atoms with Gasteiger partial charge in [0, 0.05) is 36.3 Å². The van der Waals surface area contributed by atoms with Crippen LogP contribution < -0.4 is 4.90 Å². The summed E-state index contributed by atoms with van der Waals surface area (Å²) < 4.78 is 27.9. The van der Waals surface area contributed by atoms with Crippen LogP contribution in [-0.2, 0) is 10.0 Å². The Morgan fingerprint density at radius 1 is 0.913 bits per heavy atom. The van der Waals surface area contributed by atoms with Crippen LogP contribution in [0, 0.1) is 6.92 Å². The molecular weight excluding hydrogens is 376 g/mol. The van der Waals surface area contributed by atoms with Crippen molar-refractivity contribution < 1.29 is 8.42 Å². The van der Waals surface area contributed by atoms with Gasteiger partial charge in [-0.25, -0.2) is 8.42 Å². The van der Waals surface area contributed by atoms with E-state index in [0.717, 1.165) is 4.47 Å². The summed E-state index contributed by atoms with van der Waals surface area (Å²) in [5.74, 6) is 0. The Labute approximate surface area is 145 Å². The number of sulfonamides is 1. The van der Waals surface area contributed by atoms with Crippen LogP contribution in [0.5, 0.6) is 0 Å². The van der Waals surface area contributed by atoms with Crippen molar-refractivity contribution >= 4 is 31.6 Å². The van der Waals surface area contributed by atoms with Crippen molar-refractivity contribution in [3.05, 3.63) is 58.6 Å². The highest BCUT2D eigenvalue weighted by Crippen LogP contribution is 2.24. The van der Waals surface area contributed by atoms with Crippen molar-refractivity contribution in [1.82, 2.24) is 4.31 Å². The molecule has 1 saturated heterocycles. The molecule has 0 amide bonds. The second-order valence-corrected chi connectivity index (χ2v) is 8.49. The van der Waals surface area contributed by atoms with Crippen LogP contribution in [0.3, 0.4) is 0 Å². The predicted octanol–water partition coefficient (Wildman–Crippen LogP) is 3.27. The predicted molar refractivity (Wildman–Crippen MR) is 96.3 cm³/mol. The number of aryl methyl sites for hydroxylation is 1. The van der Waals surface area contributed by atoms with Crippen LogP contribution in [0.4, 0.5) is 5.69 Å².